The van der Waals surface area contributed by atoms with Crippen LogP contribution in [0, 0.1) is 0 Å². The molecule has 0 aliphatic heterocycles. The second-order valence-electron chi connectivity index (χ2n) is 1.56. The second-order valence-corrected chi connectivity index (χ2v) is 2.77. The van der Waals surface area contributed by atoms with Crippen LogP contribution in [-0.2, 0) is 0 Å². The van der Waals surface area contributed by atoms with E-state index >= 15 is 0 Å². The van der Waals surface area contributed by atoms with E-state index in [9.17, 15) is 0 Å². The summed E-state index contributed by atoms with van der Waals surface area (Å²) in [5.41, 5.74) is 1.88. The fourth-order valence-corrected chi connectivity index (χ4v) is 1.10. The molecule has 1 rings (SSSR count). The van der Waals surface area contributed by atoms with Crippen LogP contribution in [-0.4, -0.2) is 14.5 Å². The maximum atomic E-state index is 4.11. The Morgan fingerprint density at radius 3 is 3.00 bits per heavy atom. The maximum absolute atomic E-state index is 4.11. The SMILES string of the molecule is C=C[Si]c1ccccn1. The summed E-state index contributed by atoms with van der Waals surface area (Å²) in [6, 6.07) is 5.90. The third-order valence-electron chi connectivity index (χ3n) is 0.915. The summed E-state index contributed by atoms with van der Waals surface area (Å²) < 4.78 is 0. The Bertz CT molecular complexity index is 183. The number of aromatic nitrogens is 1. The largest absolute Gasteiger partial charge is 0.266 e. The van der Waals surface area contributed by atoms with E-state index in [1.54, 1.807) is 6.20 Å². The van der Waals surface area contributed by atoms with Gasteiger partial charge in [-0.25, -0.2) is 0 Å². The normalized spacial score (nSPS) is 8.89. The molecule has 0 aliphatic carbocycles. The minimum absolute atomic E-state index is 0.640. The van der Waals surface area contributed by atoms with Gasteiger partial charge in [-0.05, 0) is 12.1 Å². The Morgan fingerprint density at radius 2 is 2.44 bits per heavy atom. The smallest absolute Gasteiger partial charge is 0.137 e. The lowest BCUT2D eigenvalue weighted by Gasteiger charge is -1.88. The molecule has 0 saturated heterocycles. The highest BCUT2D eigenvalue weighted by Gasteiger charge is 1.85. The maximum Gasteiger partial charge on any atom is 0.137 e. The van der Waals surface area contributed by atoms with E-state index in [0.29, 0.717) is 9.52 Å². The summed E-state index contributed by atoms with van der Waals surface area (Å²) in [5.74, 6) is 0. The fourth-order valence-electron chi connectivity index (χ4n) is 0.553. The molecule has 0 unspecified atom stereocenters. The van der Waals surface area contributed by atoms with Crippen molar-refractivity contribution in [2.45, 2.75) is 0 Å². The van der Waals surface area contributed by atoms with E-state index in [1.165, 1.54) is 0 Å². The highest BCUT2D eigenvalue weighted by molar-refractivity contribution is 6.57. The zero-order valence-corrected chi connectivity index (χ0v) is 6.04. The van der Waals surface area contributed by atoms with Crippen molar-refractivity contribution >= 4 is 14.8 Å². The van der Waals surface area contributed by atoms with Gasteiger partial charge in [0.05, 0.1) is 0 Å². The van der Waals surface area contributed by atoms with Crippen molar-refractivity contribution < 1.29 is 0 Å². The molecule has 1 nitrogen and oxygen atoms in total. The molecular weight excluding hydrogens is 126 g/mol. The van der Waals surface area contributed by atoms with E-state index in [2.05, 4.69) is 11.6 Å². The first-order valence-electron chi connectivity index (χ1n) is 2.72. The number of rotatable bonds is 2. The van der Waals surface area contributed by atoms with Gasteiger partial charge in [-0.15, -0.1) is 6.58 Å². The first-order chi connectivity index (χ1) is 4.43. The lowest BCUT2D eigenvalue weighted by Crippen LogP contribution is -2.14. The molecule has 1 aromatic rings. The summed E-state index contributed by atoms with van der Waals surface area (Å²) in [7, 11) is 0.640. The second kappa shape index (κ2) is 3.20. The van der Waals surface area contributed by atoms with E-state index in [1.807, 2.05) is 23.9 Å². The summed E-state index contributed by atoms with van der Waals surface area (Å²) in [5, 5.41) is 1.10. The van der Waals surface area contributed by atoms with Crippen molar-refractivity contribution in [3.8, 4) is 0 Å². The molecule has 1 aromatic heterocycles. The Hall–Kier alpha value is -0.893. The van der Waals surface area contributed by atoms with Crippen molar-refractivity contribution in [3.63, 3.8) is 0 Å². The third-order valence-corrected chi connectivity index (χ3v) is 1.71. The van der Waals surface area contributed by atoms with Gasteiger partial charge < -0.3 is 0 Å². The van der Waals surface area contributed by atoms with Crippen LogP contribution in [0.3, 0.4) is 0 Å². The molecule has 0 fully saturated rings. The first kappa shape index (κ1) is 6.23. The van der Waals surface area contributed by atoms with Crippen molar-refractivity contribution in [2.24, 2.45) is 0 Å². The zero-order valence-electron chi connectivity index (χ0n) is 5.04. The molecule has 2 radical (unpaired) electrons. The van der Waals surface area contributed by atoms with Gasteiger partial charge in [-0.2, -0.15) is 0 Å². The van der Waals surface area contributed by atoms with Crippen LogP contribution in [0.25, 0.3) is 0 Å². The quantitative estimate of drug-likeness (QED) is 0.537. The van der Waals surface area contributed by atoms with E-state index in [-0.39, 0.29) is 0 Å². The predicted octanol–water partition coefficient (Wildman–Crippen LogP) is 0.555. The van der Waals surface area contributed by atoms with E-state index in [0.717, 1.165) is 5.32 Å². The Morgan fingerprint density at radius 1 is 1.56 bits per heavy atom. The molecule has 0 saturated carbocycles. The standard InChI is InChI=1S/C7H7NSi/c1-2-9-7-5-3-4-6-8-7/h2-6H,1H2. The predicted molar refractivity (Wildman–Crippen MR) is 39.8 cm³/mol. The lowest BCUT2D eigenvalue weighted by atomic mass is 10.5. The molecular formula is C7H7NSi. The van der Waals surface area contributed by atoms with Gasteiger partial charge in [-0.1, -0.05) is 11.8 Å². The summed E-state index contributed by atoms with van der Waals surface area (Å²) >= 11 is 0. The van der Waals surface area contributed by atoms with Crippen LogP contribution in [0.2, 0.25) is 0 Å². The Kier molecular flexibility index (Phi) is 2.21. The van der Waals surface area contributed by atoms with Gasteiger partial charge in [0.25, 0.3) is 0 Å². The molecule has 0 amide bonds. The van der Waals surface area contributed by atoms with Gasteiger partial charge in [0.1, 0.15) is 9.52 Å². The average molecular weight is 133 g/mol. The highest BCUT2D eigenvalue weighted by atomic mass is 28.2. The molecule has 2 heteroatoms. The van der Waals surface area contributed by atoms with Crippen LogP contribution in [0.1, 0.15) is 0 Å². The molecule has 0 spiro atoms. The molecule has 9 heavy (non-hydrogen) atoms. The fraction of sp³-hybridized carbons (Fsp3) is 0. The van der Waals surface area contributed by atoms with Gasteiger partial charge >= 0.3 is 0 Å². The van der Waals surface area contributed by atoms with Crippen molar-refractivity contribution in [2.75, 3.05) is 0 Å². The van der Waals surface area contributed by atoms with Crippen molar-refractivity contribution in [3.05, 3.63) is 36.7 Å². The van der Waals surface area contributed by atoms with E-state index < -0.39 is 0 Å². The highest BCUT2D eigenvalue weighted by Crippen LogP contribution is 1.74. The van der Waals surface area contributed by atoms with Crippen LogP contribution in [0.4, 0.5) is 0 Å². The number of hydrogen-bond donors (Lipinski definition) is 0. The third kappa shape index (κ3) is 1.81. The number of nitrogens with zero attached hydrogens (tertiary/aromatic N) is 1. The Labute approximate surface area is 57.3 Å². The van der Waals surface area contributed by atoms with Gasteiger partial charge in [-0.3, -0.25) is 4.98 Å². The van der Waals surface area contributed by atoms with Gasteiger partial charge in [0.2, 0.25) is 0 Å². The first-order valence-corrected chi connectivity index (χ1v) is 3.79. The molecule has 0 aromatic carbocycles. The van der Waals surface area contributed by atoms with E-state index in [4.69, 9.17) is 0 Å². The number of pyridine rings is 1. The molecule has 44 valence electrons. The summed E-state index contributed by atoms with van der Waals surface area (Å²) in [6.07, 6.45) is 1.80. The van der Waals surface area contributed by atoms with Crippen LogP contribution in [0.15, 0.2) is 36.7 Å². The molecule has 0 atom stereocenters. The zero-order chi connectivity index (χ0) is 6.53. The molecule has 0 aliphatic rings. The summed E-state index contributed by atoms with van der Waals surface area (Å²) in [4.78, 5) is 4.11. The summed E-state index contributed by atoms with van der Waals surface area (Å²) in [6.45, 7) is 3.63. The van der Waals surface area contributed by atoms with Crippen LogP contribution in [0.5, 0.6) is 0 Å². The van der Waals surface area contributed by atoms with Gasteiger partial charge in [0, 0.05) is 11.5 Å². The Balaban J connectivity index is 2.72. The minimum atomic E-state index is 0.640. The van der Waals surface area contributed by atoms with Crippen LogP contribution >= 0.6 is 0 Å². The minimum Gasteiger partial charge on any atom is -0.266 e. The van der Waals surface area contributed by atoms with Crippen molar-refractivity contribution in [1.82, 2.24) is 4.98 Å². The molecule has 0 N–H and O–H groups in total. The number of hydrogen-bond acceptors (Lipinski definition) is 1. The topological polar surface area (TPSA) is 12.9 Å². The average Bonchev–Trinajstić information content (AvgIpc) is 1.91. The molecule has 1 heterocycles. The lowest BCUT2D eigenvalue weighted by molar-refractivity contribution is 1.39. The van der Waals surface area contributed by atoms with Gasteiger partial charge in [0.15, 0.2) is 0 Å². The monoisotopic (exact) mass is 133 g/mol. The van der Waals surface area contributed by atoms with Crippen molar-refractivity contribution in [1.29, 1.82) is 0 Å². The van der Waals surface area contributed by atoms with Crippen LogP contribution < -0.4 is 5.32 Å². The molecule has 0 bridgehead atoms.